The first-order chi connectivity index (χ1) is 13.7. The van der Waals surface area contributed by atoms with E-state index >= 15 is 0 Å². The monoisotopic (exact) mass is 405 g/mol. The largest absolute Gasteiger partial charge is 0.508 e. The second-order valence-corrected chi connectivity index (χ2v) is 8.80. The molecule has 2 heterocycles. The lowest BCUT2D eigenvalue weighted by Crippen LogP contribution is -2.66. The number of hydrogen-bond acceptors (Lipinski definition) is 5. The molecule has 3 N–H and O–H groups in total. The Morgan fingerprint density at radius 2 is 2.10 bits per heavy atom. The molecule has 1 unspecified atom stereocenters. The maximum Gasteiger partial charge on any atom is 0.323 e. The first-order valence-corrected chi connectivity index (χ1v) is 10.1. The number of imide groups is 1. The van der Waals surface area contributed by atoms with Crippen molar-refractivity contribution in [2.45, 2.75) is 43.2 Å². The Bertz CT molecular complexity index is 849. The number of carbonyl (C=O) groups is 2. The Hall–Kier alpha value is -2.19. The van der Waals surface area contributed by atoms with Crippen LogP contribution < -0.4 is 5.32 Å². The van der Waals surface area contributed by atoms with Crippen molar-refractivity contribution in [3.05, 3.63) is 29.3 Å². The van der Waals surface area contributed by atoms with Crippen LogP contribution in [0.25, 0.3) is 0 Å². The number of phenols is 1. The van der Waals surface area contributed by atoms with Gasteiger partial charge in [0.2, 0.25) is 5.91 Å². The number of alkyl halides is 1. The summed E-state index contributed by atoms with van der Waals surface area (Å²) in [6, 6.07) is 4.21. The van der Waals surface area contributed by atoms with Crippen molar-refractivity contribution in [2.24, 2.45) is 5.92 Å². The summed E-state index contributed by atoms with van der Waals surface area (Å²) >= 11 is 0. The van der Waals surface area contributed by atoms with Gasteiger partial charge < -0.3 is 15.1 Å². The number of aromatic hydroxyl groups is 1. The highest BCUT2D eigenvalue weighted by molar-refractivity contribution is 5.95. The molecule has 1 aromatic carbocycles. The highest BCUT2D eigenvalue weighted by atomic mass is 19.1. The summed E-state index contributed by atoms with van der Waals surface area (Å²) in [5, 5.41) is 24.8. The molecule has 3 aliphatic rings. The second kappa shape index (κ2) is 6.95. The molecule has 2 saturated heterocycles. The molecule has 3 fully saturated rings. The SMILES string of the molecule is Cc1ccc(O)cc1[C@@]12CC(=O)NC(=O)N(C)CC[C@@]1(O)[C@H]1C(CN1CCF)C2. The van der Waals surface area contributed by atoms with Gasteiger partial charge in [-0.1, -0.05) is 6.07 Å². The van der Waals surface area contributed by atoms with E-state index < -0.39 is 29.6 Å². The third-order valence-electron chi connectivity index (χ3n) is 7.23. The minimum atomic E-state index is -1.33. The molecule has 158 valence electrons. The normalized spacial score (nSPS) is 35.1. The van der Waals surface area contributed by atoms with E-state index in [0.29, 0.717) is 13.0 Å². The molecule has 1 aliphatic carbocycles. The number of amides is 3. The van der Waals surface area contributed by atoms with E-state index in [0.717, 1.165) is 11.1 Å². The van der Waals surface area contributed by atoms with Crippen molar-refractivity contribution in [3.8, 4) is 5.75 Å². The van der Waals surface area contributed by atoms with Crippen LogP contribution in [-0.2, 0) is 10.2 Å². The summed E-state index contributed by atoms with van der Waals surface area (Å²) in [4.78, 5) is 28.4. The van der Waals surface area contributed by atoms with Crippen LogP contribution in [0.5, 0.6) is 5.75 Å². The molecule has 4 rings (SSSR count). The van der Waals surface area contributed by atoms with Crippen LogP contribution in [0, 0.1) is 12.8 Å². The molecule has 1 saturated carbocycles. The minimum Gasteiger partial charge on any atom is -0.508 e. The number of urea groups is 1. The van der Waals surface area contributed by atoms with Gasteiger partial charge in [0.25, 0.3) is 0 Å². The minimum absolute atomic E-state index is 0.0654. The van der Waals surface area contributed by atoms with Crippen molar-refractivity contribution in [1.82, 2.24) is 15.1 Å². The highest BCUT2D eigenvalue weighted by Crippen LogP contribution is 2.60. The van der Waals surface area contributed by atoms with Crippen molar-refractivity contribution >= 4 is 11.9 Å². The van der Waals surface area contributed by atoms with Crippen LogP contribution in [0.4, 0.5) is 9.18 Å². The zero-order chi connectivity index (χ0) is 21.0. The predicted molar refractivity (Wildman–Crippen MR) is 104 cm³/mol. The quantitative estimate of drug-likeness (QED) is 0.705. The average molecular weight is 405 g/mol. The summed E-state index contributed by atoms with van der Waals surface area (Å²) in [6.07, 6.45) is 0.750. The number of nitrogens with one attached hydrogen (secondary N) is 1. The lowest BCUT2D eigenvalue weighted by atomic mass is 9.63. The first-order valence-electron chi connectivity index (χ1n) is 10.1. The van der Waals surface area contributed by atoms with Gasteiger partial charge >= 0.3 is 6.03 Å². The molecule has 1 aromatic rings. The standard InChI is InChI=1S/C21H28FN3O4/c1-13-3-4-15(26)9-16(13)20-10-14-12-25(8-6-22)18(14)21(20,29)5-7-24(2)19(28)23-17(27)11-20/h3-4,9,14,18,26,29H,5-8,10-12H2,1-2H3,(H,23,27,28)/t14?,18-,20-,21-/m1/s1. The van der Waals surface area contributed by atoms with E-state index in [1.807, 2.05) is 11.8 Å². The summed E-state index contributed by atoms with van der Waals surface area (Å²) < 4.78 is 13.1. The maximum absolute atomic E-state index is 13.1. The van der Waals surface area contributed by atoms with Gasteiger partial charge in [-0.25, -0.2) is 9.18 Å². The van der Waals surface area contributed by atoms with Gasteiger partial charge in [-0.2, -0.15) is 0 Å². The van der Waals surface area contributed by atoms with E-state index in [-0.39, 0.29) is 43.6 Å². The molecule has 0 radical (unpaired) electrons. The molecule has 3 amide bonds. The Morgan fingerprint density at radius 1 is 1.34 bits per heavy atom. The molecule has 2 aliphatic heterocycles. The van der Waals surface area contributed by atoms with Crippen molar-refractivity contribution in [2.75, 3.05) is 33.4 Å². The van der Waals surface area contributed by atoms with Gasteiger partial charge in [-0.15, -0.1) is 0 Å². The fourth-order valence-corrected chi connectivity index (χ4v) is 5.94. The number of halogens is 1. The molecule has 29 heavy (non-hydrogen) atoms. The Kier molecular flexibility index (Phi) is 4.82. The Balaban J connectivity index is 1.88. The molecule has 0 aromatic heterocycles. The molecule has 4 atom stereocenters. The smallest absolute Gasteiger partial charge is 0.323 e. The van der Waals surface area contributed by atoms with Gasteiger partial charge in [0.05, 0.1) is 5.60 Å². The predicted octanol–water partition coefficient (Wildman–Crippen LogP) is 1.30. The molecule has 8 heteroatoms. The van der Waals surface area contributed by atoms with Gasteiger partial charge in [-0.05, 0) is 48.9 Å². The lowest BCUT2D eigenvalue weighted by Gasteiger charge is -2.52. The van der Waals surface area contributed by atoms with Crippen LogP contribution in [0.15, 0.2) is 18.2 Å². The van der Waals surface area contributed by atoms with Crippen LogP contribution in [0.1, 0.15) is 30.4 Å². The Labute approximate surface area is 169 Å². The van der Waals surface area contributed by atoms with E-state index in [4.69, 9.17) is 0 Å². The van der Waals surface area contributed by atoms with E-state index in [2.05, 4.69) is 5.32 Å². The number of carbonyl (C=O) groups excluding carboxylic acids is 2. The third-order valence-corrected chi connectivity index (χ3v) is 7.23. The fraction of sp³-hybridized carbons (Fsp3) is 0.619. The topological polar surface area (TPSA) is 93.1 Å². The molecular formula is C21H28FN3O4. The summed E-state index contributed by atoms with van der Waals surface area (Å²) in [5.74, 6) is -0.263. The highest BCUT2D eigenvalue weighted by Gasteiger charge is 2.69. The lowest BCUT2D eigenvalue weighted by molar-refractivity contribution is -0.133. The van der Waals surface area contributed by atoms with E-state index in [9.17, 15) is 24.2 Å². The van der Waals surface area contributed by atoms with E-state index in [1.165, 1.54) is 4.90 Å². The average Bonchev–Trinajstić information content (AvgIpc) is 2.84. The zero-order valence-corrected chi connectivity index (χ0v) is 16.8. The van der Waals surface area contributed by atoms with Crippen molar-refractivity contribution < 1.29 is 24.2 Å². The second-order valence-electron chi connectivity index (χ2n) is 8.80. The van der Waals surface area contributed by atoms with Crippen LogP contribution in [0.3, 0.4) is 0 Å². The number of phenolic OH excluding ortho intramolecular Hbond substituents is 1. The summed E-state index contributed by atoms with van der Waals surface area (Å²) in [5.41, 5.74) is -0.709. The molecular weight excluding hydrogens is 377 g/mol. The number of benzene rings is 1. The number of rotatable bonds is 3. The Morgan fingerprint density at radius 3 is 2.83 bits per heavy atom. The summed E-state index contributed by atoms with van der Waals surface area (Å²) in [7, 11) is 1.59. The van der Waals surface area contributed by atoms with Crippen LogP contribution in [-0.4, -0.2) is 77.0 Å². The number of nitrogens with zero attached hydrogens (tertiary/aromatic N) is 2. The van der Waals surface area contributed by atoms with Crippen molar-refractivity contribution in [1.29, 1.82) is 0 Å². The van der Waals surface area contributed by atoms with Gasteiger partial charge in [0, 0.05) is 44.6 Å². The third kappa shape index (κ3) is 2.92. The van der Waals surface area contributed by atoms with E-state index in [1.54, 1.807) is 25.2 Å². The molecule has 7 nitrogen and oxygen atoms in total. The molecule has 0 bridgehead atoms. The maximum atomic E-state index is 13.1. The number of likely N-dealkylation sites (tertiary alicyclic amines) is 1. The fourth-order valence-electron chi connectivity index (χ4n) is 5.94. The van der Waals surface area contributed by atoms with Crippen LogP contribution in [0.2, 0.25) is 0 Å². The number of aryl methyl sites for hydroxylation is 1. The zero-order valence-electron chi connectivity index (χ0n) is 16.8. The number of hydrogen-bond donors (Lipinski definition) is 3. The van der Waals surface area contributed by atoms with Gasteiger partial charge in [0.15, 0.2) is 0 Å². The first kappa shape index (κ1) is 20.1. The number of fused-ring (bicyclic) bond motifs is 3. The molecule has 0 spiro atoms. The summed E-state index contributed by atoms with van der Waals surface area (Å²) in [6.45, 7) is 2.57. The van der Waals surface area contributed by atoms with Crippen molar-refractivity contribution in [3.63, 3.8) is 0 Å². The van der Waals surface area contributed by atoms with Crippen LogP contribution >= 0.6 is 0 Å². The van der Waals surface area contributed by atoms with Gasteiger partial charge in [0.1, 0.15) is 12.4 Å². The van der Waals surface area contributed by atoms with Gasteiger partial charge in [-0.3, -0.25) is 15.0 Å². The number of aliphatic hydroxyl groups is 1.